The number of hydrogen-bond donors (Lipinski definition) is 2. The van der Waals surface area contributed by atoms with Crippen molar-refractivity contribution in [3.05, 3.63) is 70.6 Å². The second-order valence-electron chi connectivity index (χ2n) is 5.26. The zero-order valence-electron chi connectivity index (χ0n) is 13.3. The molecule has 0 atom stereocenters. The van der Waals surface area contributed by atoms with Gasteiger partial charge in [0.2, 0.25) is 5.13 Å². The monoisotopic (exact) mass is 338 g/mol. The lowest BCUT2D eigenvalue weighted by Gasteiger charge is -2.10. The predicted molar refractivity (Wildman–Crippen MR) is 99.7 cm³/mol. The van der Waals surface area contributed by atoms with Crippen LogP contribution in [0.25, 0.3) is 0 Å². The minimum atomic E-state index is 0.486. The molecular formula is C18H18N4OS. The number of hydrazone groups is 1. The lowest BCUT2D eigenvalue weighted by atomic mass is 10.1. The normalized spacial score (nSPS) is 10.9. The van der Waals surface area contributed by atoms with Gasteiger partial charge < -0.3 is 10.5 Å². The Morgan fingerprint density at radius 3 is 2.83 bits per heavy atom. The number of aromatic nitrogens is 1. The van der Waals surface area contributed by atoms with Crippen LogP contribution >= 0.6 is 11.3 Å². The SMILES string of the molecule is Cc1ccc(C=NNc2nc(N)cs2)c(OCc2ccccc2)c1. The Bertz CT molecular complexity index is 830. The number of nitrogens with one attached hydrogen (secondary N) is 1. The fraction of sp³-hybridized carbons (Fsp3) is 0.111. The molecule has 6 heteroatoms. The first-order valence-corrected chi connectivity index (χ1v) is 8.36. The number of benzene rings is 2. The molecule has 0 aliphatic carbocycles. The molecule has 0 amide bonds. The van der Waals surface area contributed by atoms with Gasteiger partial charge in [-0.15, -0.1) is 11.3 Å². The molecule has 0 radical (unpaired) electrons. The second-order valence-corrected chi connectivity index (χ2v) is 6.12. The third kappa shape index (κ3) is 4.33. The van der Waals surface area contributed by atoms with Gasteiger partial charge >= 0.3 is 0 Å². The Kier molecular flexibility index (Phi) is 5.08. The highest BCUT2D eigenvalue weighted by molar-refractivity contribution is 7.14. The van der Waals surface area contributed by atoms with E-state index in [-0.39, 0.29) is 0 Å². The minimum absolute atomic E-state index is 0.486. The molecule has 1 heterocycles. The highest BCUT2D eigenvalue weighted by Gasteiger charge is 2.03. The zero-order chi connectivity index (χ0) is 16.8. The number of anilines is 2. The molecule has 3 N–H and O–H groups in total. The number of hydrogen-bond acceptors (Lipinski definition) is 6. The molecular weight excluding hydrogens is 320 g/mol. The highest BCUT2D eigenvalue weighted by Crippen LogP contribution is 2.21. The molecule has 0 fully saturated rings. The van der Waals surface area contributed by atoms with Gasteiger partial charge in [-0.2, -0.15) is 5.10 Å². The Hall–Kier alpha value is -2.86. The lowest BCUT2D eigenvalue weighted by molar-refractivity contribution is 0.305. The first-order chi connectivity index (χ1) is 11.7. The van der Waals surface area contributed by atoms with Crippen molar-refractivity contribution < 1.29 is 4.74 Å². The molecule has 24 heavy (non-hydrogen) atoms. The van der Waals surface area contributed by atoms with Gasteiger partial charge in [0.1, 0.15) is 18.2 Å². The lowest BCUT2D eigenvalue weighted by Crippen LogP contribution is -1.99. The fourth-order valence-corrected chi connectivity index (χ4v) is 2.65. The van der Waals surface area contributed by atoms with Crippen molar-refractivity contribution in [1.82, 2.24) is 4.98 Å². The Morgan fingerprint density at radius 2 is 2.08 bits per heavy atom. The molecule has 0 spiro atoms. The number of aryl methyl sites for hydroxylation is 1. The molecule has 0 saturated heterocycles. The first kappa shape index (κ1) is 16.0. The van der Waals surface area contributed by atoms with Gasteiger partial charge in [-0.1, -0.05) is 36.4 Å². The van der Waals surface area contributed by atoms with Crippen molar-refractivity contribution in [3.63, 3.8) is 0 Å². The summed E-state index contributed by atoms with van der Waals surface area (Å²) < 4.78 is 5.96. The van der Waals surface area contributed by atoms with Crippen LogP contribution in [0.3, 0.4) is 0 Å². The van der Waals surface area contributed by atoms with E-state index in [0.717, 1.165) is 22.4 Å². The van der Waals surface area contributed by atoms with Crippen LogP contribution in [0.4, 0.5) is 10.9 Å². The van der Waals surface area contributed by atoms with Gasteiger partial charge in [0.15, 0.2) is 0 Å². The van der Waals surface area contributed by atoms with E-state index in [1.165, 1.54) is 11.3 Å². The maximum absolute atomic E-state index is 5.96. The molecule has 2 aromatic carbocycles. The van der Waals surface area contributed by atoms with Crippen LogP contribution in [0, 0.1) is 6.92 Å². The van der Waals surface area contributed by atoms with E-state index >= 15 is 0 Å². The summed E-state index contributed by atoms with van der Waals surface area (Å²) >= 11 is 1.41. The van der Waals surface area contributed by atoms with Crippen LogP contribution < -0.4 is 15.9 Å². The summed E-state index contributed by atoms with van der Waals surface area (Å²) in [5, 5.41) is 6.63. The number of thiazole rings is 1. The van der Waals surface area contributed by atoms with E-state index in [1.807, 2.05) is 55.5 Å². The summed E-state index contributed by atoms with van der Waals surface area (Å²) in [6, 6.07) is 16.1. The average molecular weight is 338 g/mol. The number of rotatable bonds is 6. The molecule has 0 aliphatic rings. The van der Waals surface area contributed by atoms with Crippen LogP contribution in [-0.2, 0) is 6.61 Å². The maximum atomic E-state index is 5.96. The molecule has 3 rings (SSSR count). The second kappa shape index (κ2) is 7.61. The van der Waals surface area contributed by atoms with E-state index in [0.29, 0.717) is 17.6 Å². The molecule has 0 saturated carbocycles. The third-order valence-corrected chi connectivity index (χ3v) is 4.06. The van der Waals surface area contributed by atoms with Crippen molar-refractivity contribution in [2.24, 2.45) is 5.10 Å². The predicted octanol–water partition coefficient (Wildman–Crippen LogP) is 4.06. The molecule has 5 nitrogen and oxygen atoms in total. The molecule has 3 aromatic rings. The van der Waals surface area contributed by atoms with Crippen LogP contribution in [0.15, 0.2) is 59.0 Å². The Morgan fingerprint density at radius 1 is 1.25 bits per heavy atom. The van der Waals surface area contributed by atoms with E-state index < -0.39 is 0 Å². The third-order valence-electron chi connectivity index (χ3n) is 3.29. The van der Waals surface area contributed by atoms with Crippen molar-refractivity contribution in [2.75, 3.05) is 11.2 Å². The molecule has 0 bridgehead atoms. The first-order valence-electron chi connectivity index (χ1n) is 7.48. The number of nitrogens with two attached hydrogens (primary N) is 1. The summed E-state index contributed by atoms with van der Waals surface area (Å²) in [7, 11) is 0. The van der Waals surface area contributed by atoms with E-state index in [4.69, 9.17) is 10.5 Å². The topological polar surface area (TPSA) is 72.5 Å². The maximum Gasteiger partial charge on any atom is 0.205 e. The van der Waals surface area contributed by atoms with Gasteiger partial charge in [-0.05, 0) is 30.2 Å². The Balaban J connectivity index is 1.70. The van der Waals surface area contributed by atoms with Gasteiger partial charge in [0.05, 0.1) is 6.21 Å². The van der Waals surface area contributed by atoms with Crippen LogP contribution in [0.2, 0.25) is 0 Å². The van der Waals surface area contributed by atoms with Crippen LogP contribution in [0.5, 0.6) is 5.75 Å². The number of ether oxygens (including phenoxy) is 1. The zero-order valence-corrected chi connectivity index (χ0v) is 14.1. The van der Waals surface area contributed by atoms with Crippen molar-refractivity contribution in [1.29, 1.82) is 0 Å². The largest absolute Gasteiger partial charge is 0.488 e. The van der Waals surface area contributed by atoms with Gasteiger partial charge in [0.25, 0.3) is 0 Å². The minimum Gasteiger partial charge on any atom is -0.488 e. The van der Waals surface area contributed by atoms with Crippen LogP contribution in [-0.4, -0.2) is 11.2 Å². The molecule has 0 unspecified atom stereocenters. The summed E-state index contributed by atoms with van der Waals surface area (Å²) in [4.78, 5) is 4.09. The van der Waals surface area contributed by atoms with Crippen LogP contribution in [0.1, 0.15) is 16.7 Å². The van der Waals surface area contributed by atoms with Gasteiger partial charge in [-0.3, -0.25) is 5.43 Å². The van der Waals surface area contributed by atoms with E-state index in [1.54, 1.807) is 11.6 Å². The van der Waals surface area contributed by atoms with Gasteiger partial charge in [-0.25, -0.2) is 4.98 Å². The Labute approximate surface area is 144 Å². The van der Waals surface area contributed by atoms with Crippen molar-refractivity contribution in [2.45, 2.75) is 13.5 Å². The summed E-state index contributed by atoms with van der Waals surface area (Å²) in [5.41, 5.74) is 11.6. The van der Waals surface area contributed by atoms with E-state index in [2.05, 4.69) is 15.5 Å². The summed E-state index contributed by atoms with van der Waals surface area (Å²) in [6.07, 6.45) is 1.72. The number of nitrogens with zero attached hydrogens (tertiary/aromatic N) is 2. The average Bonchev–Trinajstić information content (AvgIpc) is 3.01. The molecule has 122 valence electrons. The fourth-order valence-electron chi connectivity index (χ4n) is 2.10. The van der Waals surface area contributed by atoms with Crippen molar-refractivity contribution in [3.8, 4) is 5.75 Å². The molecule has 0 aliphatic heterocycles. The summed E-state index contributed by atoms with van der Waals surface area (Å²) in [5.74, 6) is 1.28. The highest BCUT2D eigenvalue weighted by atomic mass is 32.1. The quantitative estimate of drug-likeness (QED) is 0.525. The number of nitrogen functional groups attached to an aromatic ring is 1. The van der Waals surface area contributed by atoms with E-state index in [9.17, 15) is 0 Å². The smallest absolute Gasteiger partial charge is 0.205 e. The standard InChI is InChI=1S/C18H18N4OS/c1-13-7-8-15(10-20-22-18-21-17(19)12-24-18)16(9-13)23-11-14-5-3-2-4-6-14/h2-10,12H,11,19H2,1H3,(H,21,22). The van der Waals surface area contributed by atoms with Gasteiger partial charge in [0, 0.05) is 10.9 Å². The molecule has 1 aromatic heterocycles. The summed E-state index contributed by atoms with van der Waals surface area (Å²) in [6.45, 7) is 2.55. The van der Waals surface area contributed by atoms with Crippen molar-refractivity contribution >= 4 is 28.5 Å².